The molecule has 0 aliphatic rings. The quantitative estimate of drug-likeness (QED) is 0.509. The first-order valence-corrected chi connectivity index (χ1v) is 9.54. The van der Waals surface area contributed by atoms with Gasteiger partial charge in [-0.25, -0.2) is 0 Å². The molecule has 1 atom stereocenters. The Balaban J connectivity index is 2.07. The number of carbonyl (C=O) groups is 1. The Kier molecular flexibility index (Phi) is 6.34. The van der Waals surface area contributed by atoms with Crippen molar-refractivity contribution in [2.45, 2.75) is 5.92 Å². The van der Waals surface area contributed by atoms with E-state index in [1.807, 2.05) is 72.8 Å². The molecule has 0 spiro atoms. The van der Waals surface area contributed by atoms with Crippen molar-refractivity contribution in [3.63, 3.8) is 0 Å². The molecular formula is C22H20INO3. The van der Waals surface area contributed by atoms with Crippen molar-refractivity contribution in [1.29, 1.82) is 0 Å². The van der Waals surface area contributed by atoms with Crippen LogP contribution < -0.4 is 14.8 Å². The Morgan fingerprint density at radius 1 is 0.926 bits per heavy atom. The molecule has 0 aromatic heterocycles. The monoisotopic (exact) mass is 473 g/mol. The van der Waals surface area contributed by atoms with Gasteiger partial charge >= 0.3 is 0 Å². The highest BCUT2D eigenvalue weighted by atomic mass is 127. The maximum absolute atomic E-state index is 13.3. The number of para-hydroxylation sites is 1. The van der Waals surface area contributed by atoms with Gasteiger partial charge in [-0.1, -0.05) is 42.5 Å². The topological polar surface area (TPSA) is 47.6 Å². The van der Waals surface area contributed by atoms with Crippen LogP contribution in [-0.2, 0) is 4.79 Å². The van der Waals surface area contributed by atoms with Crippen LogP contribution in [0.5, 0.6) is 11.5 Å². The predicted molar refractivity (Wildman–Crippen MR) is 116 cm³/mol. The van der Waals surface area contributed by atoms with Crippen molar-refractivity contribution in [3.05, 3.63) is 87.5 Å². The van der Waals surface area contributed by atoms with E-state index in [0.717, 1.165) is 20.4 Å². The smallest absolute Gasteiger partial charge is 0.236 e. The summed E-state index contributed by atoms with van der Waals surface area (Å²) in [6.07, 6.45) is 0. The zero-order chi connectivity index (χ0) is 19.2. The summed E-state index contributed by atoms with van der Waals surface area (Å²) in [6, 6.07) is 22.9. The number of methoxy groups -OCH3 is 2. The maximum Gasteiger partial charge on any atom is 0.236 e. The fraction of sp³-hybridized carbons (Fsp3) is 0.136. The van der Waals surface area contributed by atoms with Crippen molar-refractivity contribution in [3.8, 4) is 11.5 Å². The van der Waals surface area contributed by atoms with Gasteiger partial charge in [0.2, 0.25) is 5.91 Å². The molecular weight excluding hydrogens is 453 g/mol. The lowest BCUT2D eigenvalue weighted by Gasteiger charge is -2.21. The van der Waals surface area contributed by atoms with E-state index in [2.05, 4.69) is 27.9 Å². The van der Waals surface area contributed by atoms with Crippen LogP contribution in [0.25, 0.3) is 0 Å². The number of hydrogen-bond donors (Lipinski definition) is 1. The van der Waals surface area contributed by atoms with Gasteiger partial charge < -0.3 is 14.8 Å². The first kappa shape index (κ1) is 19.2. The lowest BCUT2D eigenvalue weighted by atomic mass is 9.89. The molecule has 0 heterocycles. The van der Waals surface area contributed by atoms with Gasteiger partial charge in [0.1, 0.15) is 11.5 Å². The van der Waals surface area contributed by atoms with E-state index in [0.29, 0.717) is 11.5 Å². The average molecular weight is 473 g/mol. The highest BCUT2D eigenvalue weighted by molar-refractivity contribution is 14.1. The number of benzene rings is 3. The summed E-state index contributed by atoms with van der Waals surface area (Å²) in [7, 11) is 3.21. The lowest BCUT2D eigenvalue weighted by Crippen LogP contribution is -2.23. The molecule has 3 aromatic rings. The standard InChI is InChI=1S/C22H20INO3/c1-26-16-12-13-20(27-2)17(14-16)21(15-8-4-3-5-9-15)22(25)24-19-11-7-6-10-18(19)23/h3-14,21H,1-2H3,(H,24,25). The van der Waals surface area contributed by atoms with Crippen molar-refractivity contribution in [2.75, 3.05) is 19.5 Å². The van der Waals surface area contributed by atoms with E-state index in [-0.39, 0.29) is 5.91 Å². The molecule has 0 radical (unpaired) electrons. The van der Waals surface area contributed by atoms with Crippen molar-refractivity contribution in [1.82, 2.24) is 0 Å². The van der Waals surface area contributed by atoms with Gasteiger partial charge in [-0.3, -0.25) is 4.79 Å². The van der Waals surface area contributed by atoms with Gasteiger partial charge in [0.05, 0.1) is 25.8 Å². The SMILES string of the molecule is COc1ccc(OC)c(C(C(=O)Nc2ccccc2I)c2ccccc2)c1. The van der Waals surface area contributed by atoms with Crippen LogP contribution in [0, 0.1) is 3.57 Å². The summed E-state index contributed by atoms with van der Waals surface area (Å²) >= 11 is 2.21. The summed E-state index contributed by atoms with van der Waals surface area (Å²) < 4.78 is 11.9. The zero-order valence-corrected chi connectivity index (χ0v) is 17.3. The molecule has 0 aliphatic heterocycles. The van der Waals surface area contributed by atoms with Gasteiger partial charge in [-0.2, -0.15) is 0 Å². The molecule has 4 nitrogen and oxygen atoms in total. The third-order valence-corrected chi connectivity index (χ3v) is 5.22. The third kappa shape index (κ3) is 4.42. The van der Waals surface area contributed by atoms with Gasteiger partial charge in [-0.15, -0.1) is 0 Å². The van der Waals surface area contributed by atoms with Crippen molar-refractivity contribution in [2.24, 2.45) is 0 Å². The highest BCUT2D eigenvalue weighted by Gasteiger charge is 2.27. The molecule has 0 saturated carbocycles. The lowest BCUT2D eigenvalue weighted by molar-refractivity contribution is -0.116. The van der Waals surface area contributed by atoms with Crippen LogP contribution in [0.1, 0.15) is 17.0 Å². The molecule has 1 amide bonds. The molecule has 3 aromatic carbocycles. The second-order valence-corrected chi connectivity index (χ2v) is 7.08. The number of nitrogens with one attached hydrogen (secondary N) is 1. The maximum atomic E-state index is 13.3. The average Bonchev–Trinajstić information content (AvgIpc) is 2.70. The number of anilines is 1. The van der Waals surface area contributed by atoms with Gasteiger partial charge in [0.15, 0.2) is 0 Å². The molecule has 5 heteroatoms. The fourth-order valence-corrected chi connectivity index (χ4v) is 3.47. The number of halogens is 1. The summed E-state index contributed by atoms with van der Waals surface area (Å²) in [5, 5.41) is 3.05. The zero-order valence-electron chi connectivity index (χ0n) is 15.1. The first-order valence-electron chi connectivity index (χ1n) is 8.46. The van der Waals surface area contributed by atoms with Crippen LogP contribution in [0.2, 0.25) is 0 Å². The third-order valence-electron chi connectivity index (χ3n) is 4.27. The van der Waals surface area contributed by atoms with Crippen LogP contribution >= 0.6 is 22.6 Å². The molecule has 0 saturated heterocycles. The fourth-order valence-electron chi connectivity index (χ4n) is 2.95. The minimum atomic E-state index is -0.535. The molecule has 0 fully saturated rings. The second-order valence-electron chi connectivity index (χ2n) is 5.92. The predicted octanol–water partition coefficient (Wildman–Crippen LogP) is 5.08. The number of rotatable bonds is 6. The summed E-state index contributed by atoms with van der Waals surface area (Å²) in [4.78, 5) is 13.3. The summed E-state index contributed by atoms with van der Waals surface area (Å²) in [6.45, 7) is 0. The van der Waals surface area contributed by atoms with Crippen molar-refractivity contribution >= 4 is 34.2 Å². The van der Waals surface area contributed by atoms with E-state index in [1.54, 1.807) is 14.2 Å². The Bertz CT molecular complexity index is 928. The molecule has 0 aliphatic carbocycles. The minimum absolute atomic E-state index is 0.128. The molecule has 3 rings (SSSR count). The normalized spacial score (nSPS) is 11.5. The Hall–Kier alpha value is -2.54. The largest absolute Gasteiger partial charge is 0.497 e. The van der Waals surface area contributed by atoms with Crippen molar-refractivity contribution < 1.29 is 14.3 Å². The molecule has 0 bridgehead atoms. The molecule has 1 N–H and O–H groups in total. The Morgan fingerprint density at radius 2 is 1.63 bits per heavy atom. The van der Waals surface area contributed by atoms with Crippen LogP contribution in [0.3, 0.4) is 0 Å². The van der Waals surface area contributed by atoms with Gasteiger partial charge in [0, 0.05) is 9.13 Å². The van der Waals surface area contributed by atoms with Crippen LogP contribution in [0.15, 0.2) is 72.8 Å². The number of carbonyl (C=O) groups excluding carboxylic acids is 1. The van der Waals surface area contributed by atoms with E-state index in [1.165, 1.54) is 0 Å². The van der Waals surface area contributed by atoms with Crippen LogP contribution in [0.4, 0.5) is 5.69 Å². The second kappa shape index (κ2) is 8.90. The summed E-state index contributed by atoms with van der Waals surface area (Å²) in [5.41, 5.74) is 2.42. The van der Waals surface area contributed by atoms with Gasteiger partial charge in [-0.05, 0) is 58.5 Å². The summed E-state index contributed by atoms with van der Waals surface area (Å²) in [5.74, 6) is 0.653. The van der Waals surface area contributed by atoms with E-state index >= 15 is 0 Å². The molecule has 27 heavy (non-hydrogen) atoms. The van der Waals surface area contributed by atoms with Gasteiger partial charge in [0.25, 0.3) is 0 Å². The molecule has 138 valence electrons. The molecule has 1 unspecified atom stereocenters. The van der Waals surface area contributed by atoms with Crippen LogP contribution in [-0.4, -0.2) is 20.1 Å². The Labute approximate surface area is 172 Å². The van der Waals surface area contributed by atoms with E-state index in [4.69, 9.17) is 9.47 Å². The number of ether oxygens (including phenoxy) is 2. The van der Waals surface area contributed by atoms with E-state index in [9.17, 15) is 4.79 Å². The first-order chi connectivity index (χ1) is 13.1. The van der Waals surface area contributed by atoms with E-state index < -0.39 is 5.92 Å². The number of amides is 1. The number of hydrogen-bond acceptors (Lipinski definition) is 3. The minimum Gasteiger partial charge on any atom is -0.497 e. The Morgan fingerprint density at radius 3 is 2.30 bits per heavy atom. The highest BCUT2D eigenvalue weighted by Crippen LogP contribution is 2.36.